The molecule has 110 valence electrons. The van der Waals surface area contributed by atoms with Crippen LogP contribution in [0.4, 0.5) is 0 Å². The number of hydrogen-bond acceptors (Lipinski definition) is 3. The van der Waals surface area contributed by atoms with Gasteiger partial charge in [0.25, 0.3) is 0 Å². The van der Waals surface area contributed by atoms with Gasteiger partial charge in [0.05, 0.1) is 0 Å². The molecule has 1 aromatic carbocycles. The van der Waals surface area contributed by atoms with E-state index in [0.717, 1.165) is 23.7 Å². The first-order valence-electron chi connectivity index (χ1n) is 7.49. The molecule has 2 aliphatic rings. The standard InChI is InChI=1S/C16H23ClN2O/c1-11-10-19(2)6-5-15(11)18-9-14-8-12-7-13(17)3-4-16(12)20-14/h3-4,7,11,14-15,18H,5-6,8-10H2,1-2H3. The highest BCUT2D eigenvalue weighted by atomic mass is 35.5. The number of nitrogens with one attached hydrogen (secondary N) is 1. The number of piperidine rings is 1. The highest BCUT2D eigenvalue weighted by Crippen LogP contribution is 2.31. The number of nitrogens with zero attached hydrogens (tertiary/aromatic N) is 1. The van der Waals surface area contributed by atoms with Crippen molar-refractivity contribution < 1.29 is 4.74 Å². The van der Waals surface area contributed by atoms with Crippen molar-refractivity contribution in [3.63, 3.8) is 0 Å². The summed E-state index contributed by atoms with van der Waals surface area (Å²) in [6.45, 7) is 5.62. The Bertz CT molecular complexity index is 480. The van der Waals surface area contributed by atoms with Gasteiger partial charge in [-0.3, -0.25) is 0 Å². The Hall–Kier alpha value is -0.770. The molecule has 0 radical (unpaired) electrons. The van der Waals surface area contributed by atoms with E-state index in [4.69, 9.17) is 16.3 Å². The van der Waals surface area contributed by atoms with Gasteiger partial charge in [0.1, 0.15) is 11.9 Å². The van der Waals surface area contributed by atoms with Gasteiger partial charge in [0.2, 0.25) is 0 Å². The molecule has 0 bridgehead atoms. The summed E-state index contributed by atoms with van der Waals surface area (Å²) < 4.78 is 5.98. The molecule has 20 heavy (non-hydrogen) atoms. The first-order chi connectivity index (χ1) is 9.61. The molecule has 0 spiro atoms. The average molecular weight is 295 g/mol. The Morgan fingerprint density at radius 1 is 1.45 bits per heavy atom. The van der Waals surface area contributed by atoms with Crippen LogP contribution < -0.4 is 10.1 Å². The van der Waals surface area contributed by atoms with Gasteiger partial charge in [-0.05, 0) is 49.7 Å². The van der Waals surface area contributed by atoms with Crippen LogP contribution in [0.1, 0.15) is 18.9 Å². The fourth-order valence-electron chi connectivity index (χ4n) is 3.34. The number of fused-ring (bicyclic) bond motifs is 1. The summed E-state index contributed by atoms with van der Waals surface area (Å²) in [6, 6.07) is 6.52. The fourth-order valence-corrected chi connectivity index (χ4v) is 3.54. The first-order valence-corrected chi connectivity index (χ1v) is 7.86. The predicted octanol–water partition coefficient (Wildman–Crippen LogP) is 2.57. The van der Waals surface area contributed by atoms with Crippen molar-refractivity contribution in [2.24, 2.45) is 5.92 Å². The maximum Gasteiger partial charge on any atom is 0.123 e. The Morgan fingerprint density at radius 3 is 3.10 bits per heavy atom. The second kappa shape index (κ2) is 5.92. The van der Waals surface area contributed by atoms with E-state index in [2.05, 4.69) is 24.2 Å². The zero-order valence-electron chi connectivity index (χ0n) is 12.2. The molecular formula is C16H23ClN2O. The lowest BCUT2D eigenvalue weighted by atomic mass is 9.94. The Kier molecular flexibility index (Phi) is 4.20. The van der Waals surface area contributed by atoms with E-state index in [1.807, 2.05) is 18.2 Å². The van der Waals surface area contributed by atoms with Gasteiger partial charge < -0.3 is 15.0 Å². The summed E-state index contributed by atoms with van der Waals surface area (Å²) in [6.07, 6.45) is 2.43. The maximum absolute atomic E-state index is 6.03. The molecule has 1 N–H and O–H groups in total. The average Bonchev–Trinajstić information content (AvgIpc) is 2.79. The Morgan fingerprint density at radius 2 is 2.30 bits per heavy atom. The second-order valence-corrected chi connectivity index (χ2v) is 6.68. The molecule has 3 atom stereocenters. The molecule has 0 aliphatic carbocycles. The van der Waals surface area contributed by atoms with E-state index < -0.39 is 0 Å². The molecule has 3 unspecified atom stereocenters. The molecule has 1 saturated heterocycles. The summed E-state index contributed by atoms with van der Waals surface area (Å²) in [7, 11) is 2.20. The molecule has 3 rings (SSSR count). The van der Waals surface area contributed by atoms with Crippen LogP contribution in [0.3, 0.4) is 0 Å². The van der Waals surface area contributed by atoms with Crippen molar-refractivity contribution in [1.82, 2.24) is 10.2 Å². The Labute approximate surface area is 126 Å². The molecule has 0 amide bonds. The van der Waals surface area contributed by atoms with Crippen molar-refractivity contribution in [3.8, 4) is 5.75 Å². The topological polar surface area (TPSA) is 24.5 Å². The molecule has 1 aromatic rings. The van der Waals surface area contributed by atoms with Crippen molar-refractivity contribution >= 4 is 11.6 Å². The molecule has 1 fully saturated rings. The van der Waals surface area contributed by atoms with Gasteiger partial charge in [0, 0.05) is 30.6 Å². The number of rotatable bonds is 3. The number of hydrogen-bond donors (Lipinski definition) is 1. The van der Waals surface area contributed by atoms with Crippen LogP contribution in [0.25, 0.3) is 0 Å². The van der Waals surface area contributed by atoms with Crippen LogP contribution in [0.2, 0.25) is 5.02 Å². The van der Waals surface area contributed by atoms with Crippen molar-refractivity contribution in [2.75, 3.05) is 26.7 Å². The van der Waals surface area contributed by atoms with Crippen LogP contribution in [0, 0.1) is 5.92 Å². The van der Waals surface area contributed by atoms with Gasteiger partial charge in [-0.2, -0.15) is 0 Å². The summed E-state index contributed by atoms with van der Waals surface area (Å²) in [5.74, 6) is 1.70. The predicted molar refractivity (Wildman–Crippen MR) is 82.6 cm³/mol. The number of ether oxygens (including phenoxy) is 1. The summed E-state index contributed by atoms with van der Waals surface area (Å²) >= 11 is 6.03. The van der Waals surface area contributed by atoms with Crippen LogP contribution in [-0.2, 0) is 6.42 Å². The zero-order valence-corrected chi connectivity index (χ0v) is 13.0. The lowest BCUT2D eigenvalue weighted by Gasteiger charge is -2.35. The van der Waals surface area contributed by atoms with Crippen molar-refractivity contribution in [1.29, 1.82) is 0 Å². The minimum atomic E-state index is 0.246. The van der Waals surface area contributed by atoms with E-state index in [0.29, 0.717) is 12.0 Å². The highest BCUT2D eigenvalue weighted by Gasteiger charge is 2.27. The quantitative estimate of drug-likeness (QED) is 0.927. The van der Waals surface area contributed by atoms with E-state index in [1.165, 1.54) is 25.1 Å². The smallest absolute Gasteiger partial charge is 0.123 e. The van der Waals surface area contributed by atoms with Crippen LogP contribution >= 0.6 is 11.6 Å². The first kappa shape index (κ1) is 14.2. The number of halogens is 1. The number of likely N-dealkylation sites (tertiary alicyclic amines) is 1. The van der Waals surface area contributed by atoms with Crippen LogP contribution in [0.5, 0.6) is 5.75 Å². The van der Waals surface area contributed by atoms with Crippen LogP contribution in [-0.4, -0.2) is 43.7 Å². The van der Waals surface area contributed by atoms with E-state index >= 15 is 0 Å². The largest absolute Gasteiger partial charge is 0.488 e. The lowest BCUT2D eigenvalue weighted by molar-refractivity contribution is 0.156. The zero-order chi connectivity index (χ0) is 14.1. The summed E-state index contributed by atoms with van der Waals surface area (Å²) in [5, 5.41) is 4.49. The minimum Gasteiger partial charge on any atom is -0.488 e. The summed E-state index contributed by atoms with van der Waals surface area (Å²) in [4.78, 5) is 2.41. The number of benzene rings is 1. The molecule has 2 aliphatic heterocycles. The molecule has 3 nitrogen and oxygen atoms in total. The van der Waals surface area contributed by atoms with Gasteiger partial charge in [-0.1, -0.05) is 18.5 Å². The van der Waals surface area contributed by atoms with Crippen molar-refractivity contribution in [2.45, 2.75) is 31.9 Å². The fraction of sp³-hybridized carbons (Fsp3) is 0.625. The maximum atomic E-state index is 6.03. The molecule has 0 saturated carbocycles. The monoisotopic (exact) mass is 294 g/mol. The van der Waals surface area contributed by atoms with E-state index in [9.17, 15) is 0 Å². The highest BCUT2D eigenvalue weighted by molar-refractivity contribution is 6.30. The third kappa shape index (κ3) is 3.11. The molecule has 4 heteroatoms. The molecular weight excluding hydrogens is 272 g/mol. The van der Waals surface area contributed by atoms with Crippen LogP contribution in [0.15, 0.2) is 18.2 Å². The van der Waals surface area contributed by atoms with Gasteiger partial charge in [-0.25, -0.2) is 0 Å². The third-order valence-corrected chi connectivity index (χ3v) is 4.71. The third-order valence-electron chi connectivity index (χ3n) is 4.48. The normalized spacial score (nSPS) is 30.1. The molecule has 0 aromatic heterocycles. The second-order valence-electron chi connectivity index (χ2n) is 6.24. The van der Waals surface area contributed by atoms with Crippen molar-refractivity contribution in [3.05, 3.63) is 28.8 Å². The SMILES string of the molecule is CC1CN(C)CCC1NCC1Cc2cc(Cl)ccc2O1. The van der Waals surface area contributed by atoms with Gasteiger partial charge in [0.15, 0.2) is 0 Å². The van der Waals surface area contributed by atoms with E-state index in [1.54, 1.807) is 0 Å². The van der Waals surface area contributed by atoms with Gasteiger partial charge in [-0.15, -0.1) is 0 Å². The lowest BCUT2D eigenvalue weighted by Crippen LogP contribution is -2.49. The molecule has 2 heterocycles. The summed E-state index contributed by atoms with van der Waals surface area (Å²) in [5.41, 5.74) is 1.24. The van der Waals surface area contributed by atoms with E-state index in [-0.39, 0.29) is 6.10 Å². The van der Waals surface area contributed by atoms with Gasteiger partial charge >= 0.3 is 0 Å². The minimum absolute atomic E-state index is 0.246. The Balaban J connectivity index is 1.51.